The molecule has 0 radical (unpaired) electrons. The number of rotatable bonds is 7. The maximum Gasteiger partial charge on any atom is 0.254 e. The highest BCUT2D eigenvalue weighted by Gasteiger charge is 1.68. The summed E-state index contributed by atoms with van der Waals surface area (Å²) < 4.78 is 8.97. The number of hydrogen-bond acceptors (Lipinski definition) is 4. The third-order valence-electron chi connectivity index (χ3n) is 1.65. The average molecular weight is 309 g/mol. The molecule has 0 rings (SSSR count). The van der Waals surface area contributed by atoms with E-state index in [0.717, 1.165) is 0 Å². The second-order valence-electron chi connectivity index (χ2n) is 3.45. The summed E-state index contributed by atoms with van der Waals surface area (Å²) in [7, 11) is -0.630. The second-order valence-corrected chi connectivity index (χ2v) is 5.12. The topological polar surface area (TPSA) is 43.2 Å². The molecule has 19 heavy (non-hydrogen) atoms. The molecule has 0 amide bonds. The Balaban J connectivity index is -0.0000000793. The van der Waals surface area contributed by atoms with Gasteiger partial charge in [0.25, 0.3) is 19.5 Å². The van der Waals surface area contributed by atoms with Crippen LogP contribution < -0.4 is 0 Å². The lowest BCUT2D eigenvalue weighted by molar-refractivity contribution is 0.370. The van der Waals surface area contributed by atoms with E-state index in [2.05, 4.69) is 60.5 Å². The SMILES string of the molecule is C=NO[SiH2]C.C=NO[SiH2]C.CCCC.CCCCC. The zero-order chi connectivity index (χ0) is 15.8. The molecule has 0 aliphatic rings. The summed E-state index contributed by atoms with van der Waals surface area (Å²) in [6, 6.07) is 0. The van der Waals surface area contributed by atoms with Crippen molar-refractivity contribution in [3.05, 3.63) is 0 Å². The number of hydrogen-bond donors (Lipinski definition) is 0. The molecule has 0 heterocycles. The quantitative estimate of drug-likeness (QED) is 0.410. The molecule has 0 N–H and O–H groups in total. The maximum absolute atomic E-state index is 4.49. The Labute approximate surface area is 125 Å². The maximum atomic E-state index is 4.49. The zero-order valence-corrected chi connectivity index (χ0v) is 16.9. The first-order valence-electron chi connectivity index (χ1n) is 7.32. The molecule has 0 spiro atoms. The van der Waals surface area contributed by atoms with Crippen LogP contribution in [0.4, 0.5) is 0 Å². The molecule has 0 fully saturated rings. The van der Waals surface area contributed by atoms with Gasteiger partial charge in [0.1, 0.15) is 0 Å². The fraction of sp³-hybridized carbons (Fsp3) is 0.846. The van der Waals surface area contributed by atoms with Gasteiger partial charge in [-0.05, 0) is 13.1 Å². The second kappa shape index (κ2) is 43.3. The van der Waals surface area contributed by atoms with Crippen LogP contribution in [0.5, 0.6) is 0 Å². The highest BCUT2D eigenvalue weighted by atomic mass is 28.2. The summed E-state index contributed by atoms with van der Waals surface area (Å²) in [4.78, 5) is 0. The Morgan fingerprint density at radius 2 is 1.05 bits per heavy atom. The third kappa shape index (κ3) is 101. The van der Waals surface area contributed by atoms with Crippen LogP contribution in [0.3, 0.4) is 0 Å². The van der Waals surface area contributed by atoms with E-state index in [4.69, 9.17) is 0 Å². The molecule has 0 aromatic rings. The summed E-state index contributed by atoms with van der Waals surface area (Å²) in [5, 5.41) is 6.33. The predicted octanol–water partition coefficient (Wildman–Crippen LogP) is 3.50. The van der Waals surface area contributed by atoms with Crippen molar-refractivity contribution in [3.8, 4) is 0 Å². The fourth-order valence-corrected chi connectivity index (χ4v) is 0.901. The summed E-state index contributed by atoms with van der Waals surface area (Å²) in [6.07, 6.45) is 6.72. The van der Waals surface area contributed by atoms with Crippen LogP contribution in [0.15, 0.2) is 10.3 Å². The standard InChI is InChI=1S/C5H12.C4H10.2C2H7NOSi/c1-3-5-4-2;1-3-4-2;2*1-3-4-5-2/h3-5H2,1-2H3;3-4H2,1-2H3;2*1,5H2,2H3. The van der Waals surface area contributed by atoms with Crippen molar-refractivity contribution in [1.29, 1.82) is 0 Å². The van der Waals surface area contributed by atoms with Gasteiger partial charge in [0.2, 0.25) is 0 Å². The van der Waals surface area contributed by atoms with Crippen molar-refractivity contribution in [2.45, 2.75) is 72.9 Å². The van der Waals surface area contributed by atoms with E-state index in [0.29, 0.717) is 0 Å². The van der Waals surface area contributed by atoms with Gasteiger partial charge in [0.15, 0.2) is 0 Å². The van der Waals surface area contributed by atoms with Gasteiger partial charge in [-0.15, -0.1) is 10.3 Å². The van der Waals surface area contributed by atoms with Crippen molar-refractivity contribution in [3.63, 3.8) is 0 Å². The normalized spacial score (nSPS) is 8.53. The van der Waals surface area contributed by atoms with Gasteiger partial charge >= 0.3 is 0 Å². The molecule has 0 saturated heterocycles. The number of oxime groups is 2. The monoisotopic (exact) mass is 308 g/mol. The lowest BCUT2D eigenvalue weighted by Gasteiger charge is -1.82. The minimum Gasteiger partial charge on any atom is -0.464 e. The lowest BCUT2D eigenvalue weighted by atomic mass is 10.3. The summed E-state index contributed by atoms with van der Waals surface area (Å²) in [5.74, 6) is 0. The molecular weight excluding hydrogens is 272 g/mol. The van der Waals surface area contributed by atoms with Gasteiger partial charge in [-0.25, -0.2) is 0 Å². The van der Waals surface area contributed by atoms with Crippen molar-refractivity contribution in [1.82, 2.24) is 0 Å². The Morgan fingerprint density at radius 3 is 1.05 bits per heavy atom. The Bertz CT molecular complexity index is 126. The van der Waals surface area contributed by atoms with Crippen LogP contribution in [0.1, 0.15) is 59.8 Å². The summed E-state index contributed by atoms with van der Waals surface area (Å²) in [5.41, 5.74) is 0. The Kier molecular flexibility index (Phi) is 61.2. The molecule has 118 valence electrons. The van der Waals surface area contributed by atoms with Gasteiger partial charge in [0, 0.05) is 13.4 Å². The van der Waals surface area contributed by atoms with E-state index in [9.17, 15) is 0 Å². The van der Waals surface area contributed by atoms with Crippen LogP contribution in [0.25, 0.3) is 0 Å². The largest absolute Gasteiger partial charge is 0.464 e. The molecule has 0 aliphatic carbocycles. The first kappa shape index (κ1) is 26.8. The lowest BCUT2D eigenvalue weighted by Crippen LogP contribution is -1.78. The molecule has 0 unspecified atom stereocenters. The van der Waals surface area contributed by atoms with Crippen LogP contribution in [-0.2, 0) is 9.05 Å². The minimum atomic E-state index is -0.315. The van der Waals surface area contributed by atoms with E-state index in [1.54, 1.807) is 0 Å². The van der Waals surface area contributed by atoms with Crippen molar-refractivity contribution in [2.75, 3.05) is 0 Å². The summed E-state index contributed by atoms with van der Waals surface area (Å²) >= 11 is 0. The van der Waals surface area contributed by atoms with Gasteiger partial charge in [-0.3, -0.25) is 0 Å². The molecule has 0 aromatic carbocycles. The third-order valence-corrected chi connectivity index (χ3v) is 2.53. The number of unbranched alkanes of at least 4 members (excludes halogenated alkanes) is 3. The minimum absolute atomic E-state index is 0.315. The van der Waals surface area contributed by atoms with Crippen molar-refractivity contribution in [2.24, 2.45) is 10.3 Å². The molecule has 0 aromatic heterocycles. The van der Waals surface area contributed by atoms with Crippen LogP contribution in [-0.4, -0.2) is 33.0 Å². The zero-order valence-electron chi connectivity index (χ0n) is 14.1. The van der Waals surface area contributed by atoms with E-state index in [1.165, 1.54) is 32.1 Å². The van der Waals surface area contributed by atoms with Gasteiger partial charge in [-0.1, -0.05) is 59.8 Å². The molecule has 6 heteroatoms. The summed E-state index contributed by atoms with van der Waals surface area (Å²) in [6.45, 7) is 19.0. The number of nitrogens with zero attached hydrogens (tertiary/aromatic N) is 2. The molecule has 0 atom stereocenters. The van der Waals surface area contributed by atoms with E-state index >= 15 is 0 Å². The van der Waals surface area contributed by atoms with Gasteiger partial charge in [0.05, 0.1) is 0 Å². The Hall–Kier alpha value is -0.626. The van der Waals surface area contributed by atoms with E-state index in [-0.39, 0.29) is 19.5 Å². The predicted molar refractivity (Wildman–Crippen MR) is 95.9 cm³/mol. The van der Waals surface area contributed by atoms with Crippen molar-refractivity contribution < 1.29 is 9.05 Å². The molecule has 0 aliphatic heterocycles. The first-order valence-corrected chi connectivity index (χ1v) is 11.3. The smallest absolute Gasteiger partial charge is 0.254 e. The average Bonchev–Trinajstić information content (AvgIpc) is 2.43. The van der Waals surface area contributed by atoms with Crippen molar-refractivity contribution >= 4 is 33.0 Å². The van der Waals surface area contributed by atoms with E-state index in [1.807, 2.05) is 13.1 Å². The Morgan fingerprint density at radius 1 is 0.737 bits per heavy atom. The highest BCUT2D eigenvalue weighted by molar-refractivity contribution is 6.24. The van der Waals surface area contributed by atoms with Crippen LogP contribution in [0.2, 0.25) is 13.1 Å². The first-order chi connectivity index (χ1) is 9.16. The van der Waals surface area contributed by atoms with Crippen LogP contribution in [0, 0.1) is 0 Å². The van der Waals surface area contributed by atoms with Gasteiger partial charge in [-0.2, -0.15) is 0 Å². The molecule has 0 bridgehead atoms. The van der Waals surface area contributed by atoms with Crippen LogP contribution >= 0.6 is 0 Å². The molecule has 0 saturated carbocycles. The van der Waals surface area contributed by atoms with E-state index < -0.39 is 0 Å². The van der Waals surface area contributed by atoms with Gasteiger partial charge < -0.3 is 9.05 Å². The molecule has 4 nitrogen and oxygen atoms in total. The highest BCUT2D eigenvalue weighted by Crippen LogP contribution is 1.88. The molecular formula is C13H36N2O2Si2. The fourth-order valence-electron chi connectivity index (χ4n) is 0.536.